The number of nitro groups is 1. The highest BCUT2D eigenvalue weighted by Crippen LogP contribution is 2.12. The molecule has 0 aliphatic rings. The summed E-state index contributed by atoms with van der Waals surface area (Å²) in [7, 11) is 1.53. The van der Waals surface area contributed by atoms with Gasteiger partial charge < -0.3 is 10.2 Å². The van der Waals surface area contributed by atoms with Crippen LogP contribution < -0.4 is 5.32 Å². The van der Waals surface area contributed by atoms with Crippen molar-refractivity contribution in [2.75, 3.05) is 13.6 Å². The van der Waals surface area contributed by atoms with Crippen LogP contribution in [0.2, 0.25) is 0 Å². The standard InChI is InChI=1S/C11H14F2N4O2/c1-3-16(11(14-2)7-17(18)19)6-8-5-15-10(13)4-9(8)12/h4-5,7,14H,3,6H2,1-2H3. The average Bonchev–Trinajstić information content (AvgIpc) is 2.35. The van der Waals surface area contributed by atoms with Crippen LogP contribution in [0.15, 0.2) is 24.3 Å². The lowest BCUT2D eigenvalue weighted by Gasteiger charge is -2.23. The lowest BCUT2D eigenvalue weighted by Crippen LogP contribution is -2.30. The van der Waals surface area contributed by atoms with E-state index in [0.717, 1.165) is 12.4 Å². The minimum absolute atomic E-state index is 0.0517. The topological polar surface area (TPSA) is 71.3 Å². The monoisotopic (exact) mass is 272 g/mol. The van der Waals surface area contributed by atoms with E-state index in [1.165, 1.54) is 7.05 Å². The number of nitrogens with one attached hydrogen (secondary N) is 1. The first-order chi connectivity index (χ1) is 8.97. The molecule has 0 spiro atoms. The van der Waals surface area contributed by atoms with E-state index in [-0.39, 0.29) is 17.9 Å². The maximum Gasteiger partial charge on any atom is 0.274 e. The number of rotatable bonds is 6. The third-order valence-corrected chi connectivity index (χ3v) is 2.46. The van der Waals surface area contributed by atoms with Gasteiger partial charge in [-0.15, -0.1) is 0 Å². The molecule has 0 saturated carbocycles. The van der Waals surface area contributed by atoms with Crippen LogP contribution in [-0.2, 0) is 6.54 Å². The van der Waals surface area contributed by atoms with Crippen molar-refractivity contribution in [3.63, 3.8) is 0 Å². The van der Waals surface area contributed by atoms with Crippen molar-refractivity contribution in [3.05, 3.63) is 51.7 Å². The SMILES string of the molecule is CCN(Cc1cnc(F)cc1F)C(=C[N+](=O)[O-])NC. The smallest absolute Gasteiger partial charge is 0.274 e. The molecule has 0 aliphatic heterocycles. The van der Waals surface area contributed by atoms with Crippen molar-refractivity contribution >= 4 is 0 Å². The lowest BCUT2D eigenvalue weighted by molar-refractivity contribution is -0.404. The van der Waals surface area contributed by atoms with E-state index in [1.54, 1.807) is 11.8 Å². The summed E-state index contributed by atoms with van der Waals surface area (Å²) in [5.74, 6) is -1.40. The van der Waals surface area contributed by atoms with Crippen LogP contribution in [0.4, 0.5) is 8.78 Å². The number of hydrogen-bond donors (Lipinski definition) is 1. The molecule has 8 heteroatoms. The van der Waals surface area contributed by atoms with Gasteiger partial charge in [-0.2, -0.15) is 4.39 Å². The molecule has 0 fully saturated rings. The average molecular weight is 272 g/mol. The largest absolute Gasteiger partial charge is 0.370 e. The maximum absolute atomic E-state index is 13.5. The summed E-state index contributed by atoms with van der Waals surface area (Å²) < 4.78 is 26.2. The number of halogens is 2. The summed E-state index contributed by atoms with van der Waals surface area (Å²) in [6.07, 6.45) is 1.87. The van der Waals surface area contributed by atoms with Gasteiger partial charge in [0.1, 0.15) is 5.82 Å². The second-order valence-electron chi connectivity index (χ2n) is 3.66. The van der Waals surface area contributed by atoms with E-state index in [1.807, 2.05) is 0 Å². The molecule has 0 saturated heterocycles. The van der Waals surface area contributed by atoms with Crippen molar-refractivity contribution in [1.29, 1.82) is 0 Å². The molecule has 0 atom stereocenters. The van der Waals surface area contributed by atoms with Gasteiger partial charge in [0.05, 0.1) is 4.92 Å². The highest BCUT2D eigenvalue weighted by atomic mass is 19.1. The van der Waals surface area contributed by atoms with Crippen LogP contribution in [0.3, 0.4) is 0 Å². The molecule has 104 valence electrons. The molecule has 0 bridgehead atoms. The highest BCUT2D eigenvalue weighted by Gasteiger charge is 2.14. The summed E-state index contributed by atoms with van der Waals surface area (Å²) in [6.45, 7) is 2.23. The Kier molecular flexibility index (Phi) is 5.16. The van der Waals surface area contributed by atoms with E-state index < -0.39 is 16.7 Å². The van der Waals surface area contributed by atoms with E-state index in [0.29, 0.717) is 12.6 Å². The molecule has 0 unspecified atom stereocenters. The zero-order chi connectivity index (χ0) is 14.4. The van der Waals surface area contributed by atoms with Gasteiger partial charge >= 0.3 is 0 Å². The first kappa shape index (κ1) is 14.8. The second-order valence-corrected chi connectivity index (χ2v) is 3.66. The normalized spacial score (nSPS) is 11.3. The summed E-state index contributed by atoms with van der Waals surface area (Å²) in [6, 6.07) is 0.680. The van der Waals surface area contributed by atoms with Crippen LogP contribution in [0.5, 0.6) is 0 Å². The number of hydrogen-bond acceptors (Lipinski definition) is 5. The highest BCUT2D eigenvalue weighted by molar-refractivity contribution is 5.13. The zero-order valence-electron chi connectivity index (χ0n) is 10.6. The molecule has 1 aromatic heterocycles. The first-order valence-electron chi connectivity index (χ1n) is 5.55. The molecule has 1 rings (SSSR count). The Morgan fingerprint density at radius 3 is 2.79 bits per heavy atom. The fourth-order valence-electron chi connectivity index (χ4n) is 1.53. The van der Waals surface area contributed by atoms with Gasteiger partial charge in [-0.3, -0.25) is 10.1 Å². The quantitative estimate of drug-likeness (QED) is 0.482. The molecule has 0 radical (unpaired) electrons. The van der Waals surface area contributed by atoms with Crippen LogP contribution >= 0.6 is 0 Å². The number of pyridine rings is 1. The molecule has 0 aliphatic carbocycles. The molecule has 1 heterocycles. The summed E-state index contributed by atoms with van der Waals surface area (Å²) in [5.41, 5.74) is 0.160. The van der Waals surface area contributed by atoms with Crippen LogP contribution in [0.1, 0.15) is 12.5 Å². The van der Waals surface area contributed by atoms with E-state index in [2.05, 4.69) is 10.3 Å². The predicted molar refractivity (Wildman–Crippen MR) is 64.4 cm³/mol. The van der Waals surface area contributed by atoms with Crippen molar-refractivity contribution < 1.29 is 13.7 Å². The lowest BCUT2D eigenvalue weighted by atomic mass is 10.2. The Morgan fingerprint density at radius 1 is 1.63 bits per heavy atom. The zero-order valence-corrected chi connectivity index (χ0v) is 10.6. The van der Waals surface area contributed by atoms with Crippen LogP contribution in [0, 0.1) is 21.9 Å². The van der Waals surface area contributed by atoms with Crippen LogP contribution in [-0.4, -0.2) is 28.4 Å². The Morgan fingerprint density at radius 2 is 2.32 bits per heavy atom. The Bertz CT molecular complexity index is 494. The third-order valence-electron chi connectivity index (χ3n) is 2.46. The first-order valence-corrected chi connectivity index (χ1v) is 5.55. The van der Waals surface area contributed by atoms with Gasteiger partial charge in [0, 0.05) is 38.0 Å². The molecule has 0 aromatic carbocycles. The number of nitrogens with zero attached hydrogens (tertiary/aromatic N) is 3. The summed E-state index contributed by atoms with van der Waals surface area (Å²) in [4.78, 5) is 14.8. The molecule has 6 nitrogen and oxygen atoms in total. The molecule has 0 amide bonds. The van der Waals surface area contributed by atoms with E-state index >= 15 is 0 Å². The Balaban J connectivity index is 2.95. The molecular weight excluding hydrogens is 258 g/mol. The Hall–Kier alpha value is -2.25. The fourth-order valence-corrected chi connectivity index (χ4v) is 1.53. The minimum atomic E-state index is -0.904. The van der Waals surface area contributed by atoms with Crippen molar-refractivity contribution in [3.8, 4) is 0 Å². The van der Waals surface area contributed by atoms with Crippen LogP contribution in [0.25, 0.3) is 0 Å². The maximum atomic E-state index is 13.5. The fraction of sp³-hybridized carbons (Fsp3) is 0.364. The van der Waals surface area contributed by atoms with E-state index in [9.17, 15) is 18.9 Å². The number of aromatic nitrogens is 1. The van der Waals surface area contributed by atoms with Gasteiger partial charge in [0.25, 0.3) is 6.20 Å². The van der Waals surface area contributed by atoms with Gasteiger partial charge in [-0.1, -0.05) is 0 Å². The molecule has 1 aromatic rings. The molecule has 1 N–H and O–H groups in total. The minimum Gasteiger partial charge on any atom is -0.370 e. The Labute approximate surface area is 108 Å². The van der Waals surface area contributed by atoms with E-state index in [4.69, 9.17) is 0 Å². The van der Waals surface area contributed by atoms with Gasteiger partial charge in [0.2, 0.25) is 5.95 Å². The van der Waals surface area contributed by atoms with Crippen molar-refractivity contribution in [1.82, 2.24) is 15.2 Å². The summed E-state index contributed by atoms with van der Waals surface area (Å²) >= 11 is 0. The molecule has 19 heavy (non-hydrogen) atoms. The molecular formula is C11H14F2N4O2. The van der Waals surface area contributed by atoms with Gasteiger partial charge in [-0.05, 0) is 6.92 Å². The van der Waals surface area contributed by atoms with Gasteiger partial charge in [0.15, 0.2) is 5.82 Å². The summed E-state index contributed by atoms with van der Waals surface area (Å²) in [5, 5.41) is 13.1. The van der Waals surface area contributed by atoms with Crippen molar-refractivity contribution in [2.45, 2.75) is 13.5 Å². The van der Waals surface area contributed by atoms with Gasteiger partial charge in [-0.25, -0.2) is 9.37 Å². The second kappa shape index (κ2) is 6.62. The predicted octanol–water partition coefficient (Wildman–Crippen LogP) is 1.48. The van der Waals surface area contributed by atoms with Crippen molar-refractivity contribution in [2.24, 2.45) is 0 Å². The third kappa shape index (κ3) is 4.16.